The molecule has 2 aromatic rings. The van der Waals surface area contributed by atoms with Crippen LogP contribution in [0, 0.1) is 18.2 Å². The Hall–Kier alpha value is -3.59. The average molecular weight is 527 g/mol. The SMILES string of the molecule is C#Cc1c(F)cccc1[C@@H]1N=C(c2nccs2)NC(CN2CCO[C@H](CCC(=O)O)C2)=C1C(=O)OCC. The first-order valence-electron chi connectivity index (χ1n) is 11.9. The summed E-state index contributed by atoms with van der Waals surface area (Å²) in [6, 6.07) is 3.54. The molecular formula is C26H27FN4O5S. The molecule has 0 radical (unpaired) electrons. The number of nitrogens with zero attached hydrogens (tertiary/aromatic N) is 3. The number of terminal acetylenes is 1. The van der Waals surface area contributed by atoms with Gasteiger partial charge in [0.15, 0.2) is 10.8 Å². The van der Waals surface area contributed by atoms with Crippen molar-refractivity contribution in [3.05, 3.63) is 63.0 Å². The molecule has 4 rings (SSSR count). The van der Waals surface area contributed by atoms with Gasteiger partial charge in [-0.05, 0) is 25.0 Å². The number of rotatable bonds is 9. The Labute approximate surface area is 218 Å². The van der Waals surface area contributed by atoms with E-state index in [1.54, 1.807) is 19.2 Å². The van der Waals surface area contributed by atoms with Gasteiger partial charge in [-0.1, -0.05) is 18.1 Å². The highest BCUT2D eigenvalue weighted by Gasteiger charge is 2.35. The molecule has 0 amide bonds. The first-order chi connectivity index (χ1) is 17.9. The van der Waals surface area contributed by atoms with Crippen LogP contribution in [0.25, 0.3) is 0 Å². The summed E-state index contributed by atoms with van der Waals surface area (Å²) in [5, 5.41) is 14.7. The lowest BCUT2D eigenvalue weighted by molar-refractivity contribution is -0.139. The number of carboxylic acids is 1. The van der Waals surface area contributed by atoms with Gasteiger partial charge < -0.3 is 19.9 Å². The number of thiazole rings is 1. The number of halogens is 1. The standard InChI is InChI=1S/C26H27FN4O5S/c1-3-17-18(6-5-7-19(17)27)23-22(26(34)35-4-2)20(29-24(30-23)25-28-10-13-37-25)15-31-11-12-36-16(14-31)8-9-21(32)33/h1,5-7,10,13,16,23H,4,8-9,11-12,14-15H2,2H3,(H,29,30)(H,32,33)/t16-,23+/m1/s1. The van der Waals surface area contributed by atoms with Crippen molar-refractivity contribution in [2.75, 3.05) is 32.8 Å². The van der Waals surface area contributed by atoms with Crippen LogP contribution >= 0.6 is 11.3 Å². The second-order valence-corrected chi connectivity index (χ2v) is 9.36. The third-order valence-corrected chi connectivity index (χ3v) is 6.81. The molecule has 1 saturated heterocycles. The lowest BCUT2D eigenvalue weighted by Crippen LogP contribution is -2.46. The first-order valence-corrected chi connectivity index (χ1v) is 12.7. The van der Waals surface area contributed by atoms with E-state index in [1.165, 1.54) is 23.5 Å². The number of carboxylic acid groups (broad SMARTS) is 1. The maximum Gasteiger partial charge on any atom is 0.338 e. The van der Waals surface area contributed by atoms with E-state index in [0.29, 0.717) is 54.8 Å². The molecule has 0 unspecified atom stereocenters. The fourth-order valence-corrected chi connectivity index (χ4v) is 4.96. The molecule has 1 aromatic carbocycles. The third-order valence-electron chi connectivity index (χ3n) is 6.03. The van der Waals surface area contributed by atoms with Gasteiger partial charge >= 0.3 is 11.9 Å². The second kappa shape index (κ2) is 12.1. The average Bonchev–Trinajstić information content (AvgIpc) is 3.42. The van der Waals surface area contributed by atoms with Crippen LogP contribution in [-0.2, 0) is 19.1 Å². The molecule has 2 aliphatic heterocycles. The molecule has 0 spiro atoms. The minimum absolute atomic E-state index is 0.00485. The molecule has 1 fully saturated rings. The number of amidine groups is 1. The molecule has 2 atom stereocenters. The fraction of sp³-hybridized carbons (Fsp3) is 0.385. The van der Waals surface area contributed by atoms with E-state index in [9.17, 15) is 14.0 Å². The Morgan fingerprint density at radius 2 is 2.27 bits per heavy atom. The van der Waals surface area contributed by atoms with Crippen molar-refractivity contribution in [1.82, 2.24) is 15.2 Å². The van der Waals surface area contributed by atoms with Crippen molar-refractivity contribution in [3.63, 3.8) is 0 Å². The summed E-state index contributed by atoms with van der Waals surface area (Å²) < 4.78 is 25.8. The van der Waals surface area contributed by atoms with Crippen LogP contribution in [0.3, 0.4) is 0 Å². The minimum atomic E-state index is -0.917. The maximum atomic E-state index is 14.7. The van der Waals surface area contributed by atoms with Crippen LogP contribution in [0.5, 0.6) is 0 Å². The number of esters is 1. The Kier molecular flexibility index (Phi) is 8.66. The molecule has 2 aliphatic rings. The lowest BCUT2D eigenvalue weighted by atomic mass is 9.91. The Balaban J connectivity index is 1.75. The highest BCUT2D eigenvalue weighted by Crippen LogP contribution is 2.35. The zero-order chi connectivity index (χ0) is 26.4. The molecule has 37 heavy (non-hydrogen) atoms. The van der Waals surface area contributed by atoms with E-state index < -0.39 is 23.8 Å². The Morgan fingerprint density at radius 1 is 1.43 bits per heavy atom. The van der Waals surface area contributed by atoms with Crippen LogP contribution < -0.4 is 5.32 Å². The van der Waals surface area contributed by atoms with Crippen LogP contribution in [0.2, 0.25) is 0 Å². The predicted octanol–water partition coefficient (Wildman–Crippen LogP) is 2.74. The van der Waals surface area contributed by atoms with E-state index in [1.807, 2.05) is 5.38 Å². The van der Waals surface area contributed by atoms with Gasteiger partial charge in [-0.15, -0.1) is 17.8 Å². The number of nitrogens with one attached hydrogen (secondary N) is 1. The summed E-state index contributed by atoms with van der Waals surface area (Å²) in [6.07, 6.45) is 7.44. The molecule has 2 N–H and O–H groups in total. The first kappa shape index (κ1) is 26.5. The van der Waals surface area contributed by atoms with Crippen molar-refractivity contribution in [2.24, 2.45) is 4.99 Å². The van der Waals surface area contributed by atoms with Gasteiger partial charge in [0.25, 0.3) is 0 Å². The molecule has 11 heteroatoms. The Bertz CT molecular complexity index is 1250. The number of aliphatic imine (C=N–C) groups is 1. The smallest absolute Gasteiger partial charge is 0.338 e. The summed E-state index contributed by atoms with van der Waals surface area (Å²) in [6.45, 7) is 3.65. The summed E-state index contributed by atoms with van der Waals surface area (Å²) in [4.78, 5) is 35.5. The number of carbonyl (C=O) groups is 2. The van der Waals surface area contributed by atoms with Gasteiger partial charge in [0, 0.05) is 43.3 Å². The van der Waals surface area contributed by atoms with Gasteiger partial charge in [0.1, 0.15) is 11.9 Å². The summed E-state index contributed by atoms with van der Waals surface area (Å²) >= 11 is 1.37. The number of hydrogen-bond donors (Lipinski definition) is 2. The minimum Gasteiger partial charge on any atom is -0.481 e. The normalized spacial score (nSPS) is 20.1. The number of ether oxygens (including phenoxy) is 2. The van der Waals surface area contributed by atoms with Gasteiger partial charge in [-0.2, -0.15) is 0 Å². The summed E-state index contributed by atoms with van der Waals surface area (Å²) in [5.74, 6) is 0.792. The number of morpholine rings is 1. The van der Waals surface area contributed by atoms with Crippen LogP contribution in [0.4, 0.5) is 4.39 Å². The molecule has 0 aliphatic carbocycles. The molecule has 9 nitrogen and oxygen atoms in total. The van der Waals surface area contributed by atoms with Gasteiger partial charge in [-0.25, -0.2) is 14.2 Å². The molecule has 0 bridgehead atoms. The van der Waals surface area contributed by atoms with Gasteiger partial charge in [0.2, 0.25) is 0 Å². The van der Waals surface area contributed by atoms with Crippen molar-refractivity contribution < 1.29 is 28.6 Å². The quantitative estimate of drug-likeness (QED) is 0.379. The number of hydrogen-bond acceptors (Lipinski definition) is 9. The lowest BCUT2D eigenvalue weighted by Gasteiger charge is -2.35. The number of carbonyl (C=O) groups excluding carboxylic acids is 1. The highest BCUT2D eigenvalue weighted by molar-refractivity contribution is 7.11. The fourth-order valence-electron chi connectivity index (χ4n) is 4.37. The van der Waals surface area contributed by atoms with Crippen LogP contribution in [0.1, 0.15) is 41.9 Å². The summed E-state index contributed by atoms with van der Waals surface area (Å²) in [7, 11) is 0. The van der Waals surface area contributed by atoms with Crippen molar-refractivity contribution in [1.29, 1.82) is 0 Å². The maximum absolute atomic E-state index is 14.7. The molecule has 1 aromatic heterocycles. The van der Waals surface area contributed by atoms with Crippen LogP contribution in [-0.4, -0.2) is 71.7 Å². The second-order valence-electron chi connectivity index (χ2n) is 8.46. The molecular weight excluding hydrogens is 499 g/mol. The predicted molar refractivity (Wildman–Crippen MR) is 136 cm³/mol. The van der Waals surface area contributed by atoms with E-state index in [2.05, 4.69) is 21.1 Å². The number of aromatic nitrogens is 1. The van der Waals surface area contributed by atoms with Crippen LogP contribution in [0.15, 0.2) is 46.0 Å². The van der Waals surface area contributed by atoms with Gasteiger partial charge in [0.05, 0.1) is 30.5 Å². The van der Waals surface area contributed by atoms with Crippen molar-refractivity contribution >= 4 is 29.1 Å². The monoisotopic (exact) mass is 526 g/mol. The van der Waals surface area contributed by atoms with E-state index in [-0.39, 0.29) is 30.3 Å². The molecule has 0 saturated carbocycles. The highest BCUT2D eigenvalue weighted by atomic mass is 32.1. The summed E-state index contributed by atoms with van der Waals surface area (Å²) in [5.41, 5.74) is 1.17. The van der Waals surface area contributed by atoms with E-state index in [4.69, 9.17) is 26.0 Å². The van der Waals surface area contributed by atoms with E-state index >= 15 is 0 Å². The number of aliphatic carboxylic acids is 1. The number of benzene rings is 1. The largest absolute Gasteiger partial charge is 0.481 e. The topological polar surface area (TPSA) is 113 Å². The zero-order valence-corrected chi connectivity index (χ0v) is 21.1. The van der Waals surface area contributed by atoms with E-state index in [0.717, 1.165) is 0 Å². The Morgan fingerprint density at radius 3 is 2.97 bits per heavy atom. The van der Waals surface area contributed by atoms with Gasteiger partial charge in [-0.3, -0.25) is 14.7 Å². The van der Waals surface area contributed by atoms with Crippen molar-refractivity contribution in [2.45, 2.75) is 31.9 Å². The molecule has 3 heterocycles. The third kappa shape index (κ3) is 6.22. The zero-order valence-electron chi connectivity index (χ0n) is 20.3. The van der Waals surface area contributed by atoms with Crippen molar-refractivity contribution in [3.8, 4) is 12.3 Å². The molecule has 194 valence electrons.